The fourth-order valence-electron chi connectivity index (χ4n) is 2.68. The van der Waals surface area contributed by atoms with Gasteiger partial charge in [-0.2, -0.15) is 0 Å². The predicted octanol–water partition coefficient (Wildman–Crippen LogP) is 4.21. The van der Waals surface area contributed by atoms with E-state index >= 15 is 0 Å². The molecule has 3 nitrogen and oxygen atoms in total. The highest BCUT2D eigenvalue weighted by molar-refractivity contribution is 5.62. The number of aromatic nitrogens is 2. The number of benzene rings is 1. The lowest BCUT2D eigenvalue weighted by molar-refractivity contribution is 0.432. The van der Waals surface area contributed by atoms with E-state index in [1.165, 1.54) is 24.0 Å². The van der Waals surface area contributed by atoms with Crippen molar-refractivity contribution < 1.29 is 0 Å². The molecule has 0 radical (unpaired) electrons. The van der Waals surface area contributed by atoms with Gasteiger partial charge in [0.1, 0.15) is 5.82 Å². The molecule has 2 rings (SSSR count). The Bertz CT molecular complexity index is 545. The summed E-state index contributed by atoms with van der Waals surface area (Å²) in [6, 6.07) is 8.28. The van der Waals surface area contributed by atoms with Crippen molar-refractivity contribution in [3.63, 3.8) is 0 Å². The van der Waals surface area contributed by atoms with Crippen molar-refractivity contribution in [3.05, 3.63) is 41.9 Å². The second kappa shape index (κ2) is 6.71. The fourth-order valence-corrected chi connectivity index (χ4v) is 2.68. The molecule has 0 bridgehead atoms. The van der Waals surface area contributed by atoms with Crippen LogP contribution in [-0.2, 0) is 0 Å². The maximum absolute atomic E-state index is 6.26. The molecule has 0 saturated heterocycles. The summed E-state index contributed by atoms with van der Waals surface area (Å²) in [5, 5.41) is 0. The maximum Gasteiger partial charge on any atom is 0.123 e. The van der Waals surface area contributed by atoms with Gasteiger partial charge in [-0.3, -0.25) is 0 Å². The van der Waals surface area contributed by atoms with E-state index in [2.05, 4.69) is 42.9 Å². The molecule has 3 heteroatoms. The van der Waals surface area contributed by atoms with Crippen LogP contribution < -0.4 is 5.73 Å². The largest absolute Gasteiger partial charge is 0.347 e. The van der Waals surface area contributed by atoms with Crippen LogP contribution in [0.5, 0.6) is 0 Å². The third kappa shape index (κ3) is 3.48. The third-order valence-corrected chi connectivity index (χ3v) is 3.81. The lowest BCUT2D eigenvalue weighted by atomic mass is 9.97. The summed E-state index contributed by atoms with van der Waals surface area (Å²) in [4.78, 5) is 7.92. The van der Waals surface area contributed by atoms with Gasteiger partial charge in [0, 0.05) is 11.8 Å². The Kier molecular flexibility index (Phi) is 4.96. The highest BCUT2D eigenvalue weighted by atomic mass is 15.0. The minimum atomic E-state index is -0.00526. The first-order valence-corrected chi connectivity index (χ1v) is 7.48. The minimum Gasteiger partial charge on any atom is -0.347 e. The van der Waals surface area contributed by atoms with Crippen molar-refractivity contribution in [2.24, 2.45) is 11.7 Å². The zero-order chi connectivity index (χ0) is 14.5. The van der Waals surface area contributed by atoms with Crippen LogP contribution in [0.3, 0.4) is 0 Å². The van der Waals surface area contributed by atoms with Crippen LogP contribution in [0, 0.1) is 12.8 Å². The molecule has 0 unspecified atom stereocenters. The number of nitrogens with zero attached hydrogens (tertiary/aromatic N) is 1. The van der Waals surface area contributed by atoms with Gasteiger partial charge in [-0.1, -0.05) is 51.0 Å². The monoisotopic (exact) mass is 271 g/mol. The number of aromatic amines is 1. The molecule has 0 aliphatic carbocycles. The predicted molar refractivity (Wildman–Crippen MR) is 84.4 cm³/mol. The Balaban J connectivity index is 2.11. The van der Waals surface area contributed by atoms with Gasteiger partial charge in [0.15, 0.2) is 0 Å². The molecule has 108 valence electrons. The molecular formula is C17H25N3. The number of hydrogen-bond acceptors (Lipinski definition) is 2. The zero-order valence-electron chi connectivity index (χ0n) is 12.7. The normalized spacial score (nSPS) is 14.2. The lowest BCUT2D eigenvalue weighted by Gasteiger charge is -2.14. The van der Waals surface area contributed by atoms with Gasteiger partial charge in [0.25, 0.3) is 0 Å². The smallest absolute Gasteiger partial charge is 0.123 e. The van der Waals surface area contributed by atoms with Crippen LogP contribution in [0.4, 0.5) is 0 Å². The molecule has 0 aliphatic heterocycles. The van der Waals surface area contributed by atoms with Crippen LogP contribution in [0.2, 0.25) is 0 Å². The summed E-state index contributed by atoms with van der Waals surface area (Å²) in [6.45, 7) is 6.58. The second-order valence-electron chi connectivity index (χ2n) is 5.72. The van der Waals surface area contributed by atoms with Gasteiger partial charge >= 0.3 is 0 Å². The van der Waals surface area contributed by atoms with Crippen molar-refractivity contribution in [2.75, 3.05) is 0 Å². The van der Waals surface area contributed by atoms with Crippen LogP contribution in [0.1, 0.15) is 50.5 Å². The summed E-state index contributed by atoms with van der Waals surface area (Å²) in [7, 11) is 0. The van der Waals surface area contributed by atoms with Gasteiger partial charge in [0.2, 0.25) is 0 Å². The Morgan fingerprint density at radius 2 is 2.05 bits per heavy atom. The SMILES string of the molecule is CCC[C@H](C)C[C@H](N)c1nc(-c2ccccc2C)c[nH]1. The number of H-pyrrole nitrogens is 1. The first-order chi connectivity index (χ1) is 9.61. The maximum atomic E-state index is 6.26. The molecule has 2 aromatic rings. The average molecular weight is 271 g/mol. The van der Waals surface area contributed by atoms with E-state index in [1.807, 2.05) is 18.3 Å². The van der Waals surface area contributed by atoms with Gasteiger partial charge < -0.3 is 10.7 Å². The molecule has 2 atom stereocenters. The average Bonchev–Trinajstić information content (AvgIpc) is 2.89. The Labute approximate surface area is 121 Å². The second-order valence-corrected chi connectivity index (χ2v) is 5.72. The summed E-state index contributed by atoms with van der Waals surface area (Å²) in [6.07, 6.45) is 5.37. The van der Waals surface area contributed by atoms with E-state index in [0.29, 0.717) is 5.92 Å². The fraction of sp³-hybridized carbons (Fsp3) is 0.471. The third-order valence-electron chi connectivity index (χ3n) is 3.81. The Morgan fingerprint density at radius 3 is 2.75 bits per heavy atom. The van der Waals surface area contributed by atoms with Gasteiger partial charge in [0.05, 0.1) is 11.7 Å². The van der Waals surface area contributed by atoms with Crippen LogP contribution >= 0.6 is 0 Å². The first kappa shape index (κ1) is 14.8. The summed E-state index contributed by atoms with van der Waals surface area (Å²) in [5.74, 6) is 1.54. The van der Waals surface area contributed by atoms with E-state index in [1.54, 1.807) is 0 Å². The standard InChI is InChI=1S/C17H25N3/c1-4-7-12(2)10-15(18)17-19-11-16(20-17)14-9-6-5-8-13(14)3/h5-6,8-9,11-12,15H,4,7,10,18H2,1-3H3,(H,19,20)/t12-,15-/m0/s1. The number of nitrogens with two attached hydrogens (primary N) is 1. The van der Waals surface area contributed by atoms with Crippen LogP contribution in [0.15, 0.2) is 30.5 Å². The molecule has 1 aromatic heterocycles. The van der Waals surface area contributed by atoms with Crippen LogP contribution in [0.25, 0.3) is 11.3 Å². The minimum absolute atomic E-state index is 0.00526. The summed E-state index contributed by atoms with van der Waals surface area (Å²) >= 11 is 0. The van der Waals surface area contributed by atoms with Gasteiger partial charge in [-0.15, -0.1) is 0 Å². The van der Waals surface area contributed by atoms with E-state index in [-0.39, 0.29) is 6.04 Å². The topological polar surface area (TPSA) is 54.7 Å². The number of rotatable bonds is 6. The van der Waals surface area contributed by atoms with E-state index in [4.69, 9.17) is 5.73 Å². The molecule has 0 fully saturated rings. The highest BCUT2D eigenvalue weighted by Crippen LogP contribution is 2.24. The summed E-state index contributed by atoms with van der Waals surface area (Å²) in [5.41, 5.74) is 9.65. The van der Waals surface area contributed by atoms with Crippen molar-refractivity contribution in [3.8, 4) is 11.3 Å². The molecule has 0 aliphatic rings. The van der Waals surface area contributed by atoms with E-state index < -0.39 is 0 Å². The number of imidazole rings is 1. The molecule has 0 spiro atoms. The number of aryl methyl sites for hydroxylation is 1. The zero-order valence-corrected chi connectivity index (χ0v) is 12.7. The van der Waals surface area contributed by atoms with Gasteiger partial charge in [-0.25, -0.2) is 4.98 Å². The van der Waals surface area contributed by atoms with Crippen molar-refractivity contribution in [1.29, 1.82) is 0 Å². The van der Waals surface area contributed by atoms with Crippen molar-refractivity contribution in [2.45, 2.75) is 46.1 Å². The number of hydrogen-bond donors (Lipinski definition) is 2. The molecule has 1 heterocycles. The molecular weight excluding hydrogens is 246 g/mol. The molecule has 3 N–H and O–H groups in total. The van der Waals surface area contributed by atoms with E-state index in [0.717, 1.165) is 17.9 Å². The molecule has 20 heavy (non-hydrogen) atoms. The van der Waals surface area contributed by atoms with Crippen molar-refractivity contribution in [1.82, 2.24) is 9.97 Å². The molecule has 1 aromatic carbocycles. The number of nitrogens with one attached hydrogen (secondary N) is 1. The van der Waals surface area contributed by atoms with Crippen LogP contribution in [-0.4, -0.2) is 9.97 Å². The highest BCUT2D eigenvalue weighted by Gasteiger charge is 2.15. The summed E-state index contributed by atoms with van der Waals surface area (Å²) < 4.78 is 0. The molecule has 0 amide bonds. The Morgan fingerprint density at radius 1 is 1.30 bits per heavy atom. The van der Waals surface area contributed by atoms with E-state index in [9.17, 15) is 0 Å². The lowest BCUT2D eigenvalue weighted by Crippen LogP contribution is -2.15. The Hall–Kier alpha value is -1.61. The van der Waals surface area contributed by atoms with Gasteiger partial charge in [-0.05, 0) is 24.8 Å². The quantitative estimate of drug-likeness (QED) is 0.826. The first-order valence-electron chi connectivity index (χ1n) is 7.48. The molecule has 0 saturated carbocycles. The van der Waals surface area contributed by atoms with Crippen molar-refractivity contribution >= 4 is 0 Å².